The van der Waals surface area contributed by atoms with Gasteiger partial charge < -0.3 is 11.1 Å². The second-order valence-electron chi connectivity index (χ2n) is 3.55. The van der Waals surface area contributed by atoms with Gasteiger partial charge >= 0.3 is 0 Å². The Balaban J connectivity index is 2.28. The van der Waals surface area contributed by atoms with Crippen molar-refractivity contribution in [2.45, 2.75) is 0 Å². The highest BCUT2D eigenvalue weighted by Gasteiger charge is 2.12. The van der Waals surface area contributed by atoms with Crippen molar-refractivity contribution in [3.63, 3.8) is 0 Å². The molecule has 0 atom stereocenters. The van der Waals surface area contributed by atoms with E-state index in [4.69, 9.17) is 17.3 Å². The number of nitrogens with two attached hydrogens (primary N) is 1. The van der Waals surface area contributed by atoms with Crippen LogP contribution in [0.3, 0.4) is 0 Å². The molecular formula is C12H9BrClN3O. The largest absolute Gasteiger partial charge is 0.399 e. The molecule has 2 rings (SSSR count). The second kappa shape index (κ2) is 5.37. The summed E-state index contributed by atoms with van der Waals surface area (Å²) in [7, 11) is 0. The summed E-state index contributed by atoms with van der Waals surface area (Å²) >= 11 is 9.25. The van der Waals surface area contributed by atoms with E-state index in [9.17, 15) is 4.79 Å². The maximum absolute atomic E-state index is 12.0. The Labute approximate surface area is 117 Å². The molecule has 0 radical (unpaired) electrons. The third-order valence-electron chi connectivity index (χ3n) is 2.26. The highest BCUT2D eigenvalue weighted by Crippen LogP contribution is 2.23. The Morgan fingerprint density at radius 1 is 1.39 bits per heavy atom. The van der Waals surface area contributed by atoms with Crippen LogP contribution in [-0.4, -0.2) is 10.9 Å². The Kier molecular flexibility index (Phi) is 3.84. The van der Waals surface area contributed by atoms with Crippen LogP contribution in [0.1, 0.15) is 10.4 Å². The van der Waals surface area contributed by atoms with E-state index in [1.807, 2.05) is 0 Å². The maximum Gasteiger partial charge on any atom is 0.257 e. The van der Waals surface area contributed by atoms with Crippen LogP contribution >= 0.6 is 27.5 Å². The molecule has 3 N–H and O–H groups in total. The number of hydrogen-bond donors (Lipinski definition) is 2. The third kappa shape index (κ3) is 2.80. The molecule has 92 valence electrons. The van der Waals surface area contributed by atoms with Gasteiger partial charge in [-0.05, 0) is 40.2 Å². The van der Waals surface area contributed by atoms with Crippen LogP contribution in [0.4, 0.5) is 11.4 Å². The highest BCUT2D eigenvalue weighted by atomic mass is 79.9. The number of nitrogens with zero attached hydrogens (tertiary/aromatic N) is 1. The van der Waals surface area contributed by atoms with Crippen LogP contribution < -0.4 is 11.1 Å². The summed E-state index contributed by atoms with van der Waals surface area (Å²) in [5, 5.41) is 3.08. The molecule has 0 unspecified atom stereocenters. The van der Waals surface area contributed by atoms with E-state index in [0.29, 0.717) is 26.4 Å². The summed E-state index contributed by atoms with van der Waals surface area (Å²) in [6.07, 6.45) is 3.18. The third-order valence-corrected chi connectivity index (χ3v) is 3.22. The first-order chi connectivity index (χ1) is 8.58. The molecule has 0 fully saturated rings. The fourth-order valence-electron chi connectivity index (χ4n) is 1.38. The molecule has 0 bridgehead atoms. The molecular weight excluding hydrogens is 318 g/mol. The van der Waals surface area contributed by atoms with Crippen molar-refractivity contribution in [3.8, 4) is 0 Å². The van der Waals surface area contributed by atoms with Crippen LogP contribution in [0.2, 0.25) is 5.02 Å². The number of nitrogen functional groups attached to an aromatic ring is 1. The normalized spacial score (nSPS) is 10.1. The van der Waals surface area contributed by atoms with Crippen LogP contribution in [-0.2, 0) is 0 Å². The van der Waals surface area contributed by atoms with Gasteiger partial charge in [0.15, 0.2) is 0 Å². The molecule has 18 heavy (non-hydrogen) atoms. The summed E-state index contributed by atoms with van der Waals surface area (Å²) in [5.41, 5.74) is 7.07. The van der Waals surface area contributed by atoms with Crippen molar-refractivity contribution >= 4 is 44.8 Å². The molecule has 6 heteroatoms. The predicted molar refractivity (Wildman–Crippen MR) is 75.8 cm³/mol. The van der Waals surface area contributed by atoms with Crippen LogP contribution in [0, 0.1) is 0 Å². The van der Waals surface area contributed by atoms with Crippen molar-refractivity contribution in [3.05, 3.63) is 51.7 Å². The number of aromatic nitrogens is 1. The summed E-state index contributed by atoms with van der Waals surface area (Å²) in [6.45, 7) is 0. The van der Waals surface area contributed by atoms with Crippen molar-refractivity contribution in [1.29, 1.82) is 0 Å². The molecule has 4 nitrogen and oxygen atoms in total. The molecule has 1 amide bonds. The minimum absolute atomic E-state index is 0.320. The average molecular weight is 327 g/mol. The molecule has 1 heterocycles. The van der Waals surface area contributed by atoms with Crippen molar-refractivity contribution in [2.24, 2.45) is 0 Å². The Morgan fingerprint density at radius 2 is 2.17 bits per heavy atom. The lowest BCUT2D eigenvalue weighted by atomic mass is 10.2. The first kappa shape index (κ1) is 12.9. The van der Waals surface area contributed by atoms with Crippen LogP contribution in [0.15, 0.2) is 41.1 Å². The standard InChI is InChI=1S/C12H9BrClN3O/c13-9-6-16-4-3-11(9)17-12(18)8-5-7(15)1-2-10(8)14/h1-6H,15H2,(H,16,17,18). The maximum atomic E-state index is 12.0. The predicted octanol–water partition coefficient (Wildman–Crippen LogP) is 3.33. The van der Waals surface area contributed by atoms with E-state index in [-0.39, 0.29) is 5.91 Å². The van der Waals surface area contributed by atoms with E-state index in [2.05, 4.69) is 26.2 Å². The van der Waals surface area contributed by atoms with E-state index < -0.39 is 0 Å². The van der Waals surface area contributed by atoms with Gasteiger partial charge in [0.2, 0.25) is 0 Å². The number of hydrogen-bond acceptors (Lipinski definition) is 3. The zero-order valence-corrected chi connectivity index (χ0v) is 11.5. The number of benzene rings is 1. The van der Waals surface area contributed by atoms with Gasteiger partial charge in [-0.1, -0.05) is 11.6 Å². The highest BCUT2D eigenvalue weighted by molar-refractivity contribution is 9.10. The van der Waals surface area contributed by atoms with Gasteiger partial charge in [0.05, 0.1) is 20.7 Å². The number of anilines is 2. The van der Waals surface area contributed by atoms with Gasteiger partial charge in [-0.2, -0.15) is 0 Å². The minimum atomic E-state index is -0.320. The molecule has 0 aliphatic heterocycles. The Hall–Kier alpha value is -1.59. The summed E-state index contributed by atoms with van der Waals surface area (Å²) < 4.78 is 0.693. The number of rotatable bonds is 2. The minimum Gasteiger partial charge on any atom is -0.399 e. The Morgan fingerprint density at radius 3 is 2.89 bits per heavy atom. The first-order valence-electron chi connectivity index (χ1n) is 5.04. The van der Waals surface area contributed by atoms with E-state index in [1.165, 1.54) is 6.07 Å². The van der Waals surface area contributed by atoms with Crippen molar-refractivity contribution in [2.75, 3.05) is 11.1 Å². The monoisotopic (exact) mass is 325 g/mol. The van der Waals surface area contributed by atoms with Gasteiger partial charge in [-0.25, -0.2) is 0 Å². The fraction of sp³-hybridized carbons (Fsp3) is 0. The topological polar surface area (TPSA) is 68.0 Å². The van der Waals surface area contributed by atoms with Gasteiger partial charge in [0.1, 0.15) is 0 Å². The molecule has 0 aliphatic carbocycles. The molecule has 1 aromatic heterocycles. The van der Waals surface area contributed by atoms with Gasteiger partial charge in [0.25, 0.3) is 5.91 Å². The summed E-state index contributed by atoms with van der Waals surface area (Å²) in [4.78, 5) is 16.0. The smallest absolute Gasteiger partial charge is 0.257 e. The van der Waals surface area contributed by atoms with Crippen LogP contribution in [0.25, 0.3) is 0 Å². The van der Waals surface area contributed by atoms with Gasteiger partial charge in [-0.15, -0.1) is 0 Å². The number of nitrogens with one attached hydrogen (secondary N) is 1. The molecule has 1 aromatic carbocycles. The zero-order valence-electron chi connectivity index (χ0n) is 9.15. The van der Waals surface area contributed by atoms with Gasteiger partial charge in [0, 0.05) is 18.1 Å². The average Bonchev–Trinajstić information content (AvgIpc) is 2.35. The van der Waals surface area contributed by atoms with E-state index in [1.54, 1.807) is 30.6 Å². The SMILES string of the molecule is Nc1ccc(Cl)c(C(=O)Nc2ccncc2Br)c1. The lowest BCUT2D eigenvalue weighted by Crippen LogP contribution is -2.13. The van der Waals surface area contributed by atoms with E-state index in [0.717, 1.165) is 0 Å². The number of amides is 1. The number of halogens is 2. The number of carbonyl (C=O) groups excluding carboxylic acids is 1. The zero-order chi connectivity index (χ0) is 13.1. The van der Waals surface area contributed by atoms with Crippen molar-refractivity contribution in [1.82, 2.24) is 4.98 Å². The van der Waals surface area contributed by atoms with Gasteiger partial charge in [-0.3, -0.25) is 9.78 Å². The lowest BCUT2D eigenvalue weighted by molar-refractivity contribution is 0.102. The summed E-state index contributed by atoms with van der Waals surface area (Å²) in [6, 6.07) is 6.45. The van der Waals surface area contributed by atoms with E-state index >= 15 is 0 Å². The Bertz CT molecular complexity index is 604. The first-order valence-corrected chi connectivity index (χ1v) is 6.21. The number of carbonyl (C=O) groups is 1. The molecule has 0 saturated heterocycles. The van der Waals surface area contributed by atoms with Crippen LogP contribution in [0.5, 0.6) is 0 Å². The number of pyridine rings is 1. The molecule has 0 aliphatic rings. The lowest BCUT2D eigenvalue weighted by Gasteiger charge is -2.08. The quantitative estimate of drug-likeness (QED) is 0.832. The van der Waals surface area contributed by atoms with Crippen molar-refractivity contribution < 1.29 is 4.79 Å². The summed E-state index contributed by atoms with van der Waals surface area (Å²) in [5.74, 6) is -0.320. The molecule has 0 saturated carbocycles. The second-order valence-corrected chi connectivity index (χ2v) is 4.81. The fourth-order valence-corrected chi connectivity index (χ4v) is 1.94. The molecule has 0 spiro atoms. The molecule has 2 aromatic rings.